The summed E-state index contributed by atoms with van der Waals surface area (Å²) < 4.78 is 7.48. The molecule has 2 rings (SSSR count). The first-order valence-electron chi connectivity index (χ1n) is 5.79. The van der Waals surface area contributed by atoms with Gasteiger partial charge in [-0.25, -0.2) is 0 Å². The van der Waals surface area contributed by atoms with Gasteiger partial charge in [0.1, 0.15) is 5.69 Å². The van der Waals surface area contributed by atoms with Gasteiger partial charge in [-0.2, -0.15) is 16.9 Å². The van der Waals surface area contributed by atoms with Crippen molar-refractivity contribution in [1.29, 1.82) is 0 Å². The predicted octanol–water partition coefficient (Wildman–Crippen LogP) is 1.18. The molecule has 1 atom stereocenters. The number of carbonyl (C=O) groups excluding carboxylic acids is 1. The van der Waals surface area contributed by atoms with Gasteiger partial charge in [0, 0.05) is 25.2 Å². The van der Waals surface area contributed by atoms with Crippen LogP contribution in [0.1, 0.15) is 10.5 Å². The molecule has 2 heterocycles. The van der Waals surface area contributed by atoms with Crippen molar-refractivity contribution >= 4 is 33.5 Å². The van der Waals surface area contributed by atoms with E-state index < -0.39 is 0 Å². The summed E-state index contributed by atoms with van der Waals surface area (Å²) in [5.74, 6) is 1.98. The number of hydrogen-bond donors (Lipinski definition) is 1. The van der Waals surface area contributed by atoms with Crippen molar-refractivity contribution in [2.75, 3.05) is 31.8 Å². The predicted molar refractivity (Wildman–Crippen MR) is 75.2 cm³/mol. The number of halogens is 1. The van der Waals surface area contributed by atoms with E-state index in [9.17, 15) is 4.79 Å². The summed E-state index contributed by atoms with van der Waals surface area (Å²) in [5, 5.41) is 7.46. The van der Waals surface area contributed by atoms with Gasteiger partial charge in [-0.05, 0) is 15.9 Å². The summed E-state index contributed by atoms with van der Waals surface area (Å²) in [5.41, 5.74) is 0.632. The van der Waals surface area contributed by atoms with Crippen LogP contribution in [0.25, 0.3) is 0 Å². The Morgan fingerprint density at radius 3 is 3.28 bits per heavy atom. The average Bonchev–Trinajstić information content (AvgIpc) is 2.77. The highest BCUT2D eigenvalue weighted by molar-refractivity contribution is 9.10. The molecule has 0 spiro atoms. The van der Waals surface area contributed by atoms with Crippen LogP contribution >= 0.6 is 27.7 Å². The second-order valence-corrected chi connectivity index (χ2v) is 6.01. The third-order valence-electron chi connectivity index (χ3n) is 2.77. The topological polar surface area (TPSA) is 56.2 Å². The minimum absolute atomic E-state index is 0.0997. The van der Waals surface area contributed by atoms with Crippen molar-refractivity contribution < 1.29 is 9.53 Å². The van der Waals surface area contributed by atoms with Crippen LogP contribution in [0.5, 0.6) is 0 Å². The maximum Gasteiger partial charge on any atom is 0.199 e. The van der Waals surface area contributed by atoms with Gasteiger partial charge in [-0.1, -0.05) is 0 Å². The number of ketones is 1. The number of carbonyl (C=O) groups is 1. The molecule has 1 saturated heterocycles. The van der Waals surface area contributed by atoms with E-state index in [-0.39, 0.29) is 11.8 Å². The molecule has 7 heteroatoms. The van der Waals surface area contributed by atoms with E-state index in [0.717, 1.165) is 22.5 Å². The molecule has 0 radical (unpaired) electrons. The van der Waals surface area contributed by atoms with Crippen LogP contribution in [0.4, 0.5) is 0 Å². The Morgan fingerprint density at radius 1 is 1.78 bits per heavy atom. The van der Waals surface area contributed by atoms with Crippen molar-refractivity contribution in [3.63, 3.8) is 0 Å². The summed E-state index contributed by atoms with van der Waals surface area (Å²) in [4.78, 5) is 12.5. The van der Waals surface area contributed by atoms with Gasteiger partial charge in [-0.15, -0.1) is 0 Å². The number of hydrogen-bond acceptors (Lipinski definition) is 5. The Hall–Kier alpha value is -0.370. The number of thioether (sulfide) groups is 1. The number of Topliss-reactive ketones (excluding diaryl/α,β-unsaturated/α-hetero) is 1. The van der Waals surface area contributed by atoms with Gasteiger partial charge in [-0.3, -0.25) is 9.48 Å². The number of rotatable bonds is 5. The SMILES string of the molecule is COCCn1ncc(Br)c1C(=O)C1CSCCN1. The first-order valence-corrected chi connectivity index (χ1v) is 7.74. The monoisotopic (exact) mass is 333 g/mol. The Bertz CT molecular complexity index is 418. The molecule has 1 aromatic heterocycles. The molecule has 5 nitrogen and oxygen atoms in total. The molecule has 0 aromatic carbocycles. The van der Waals surface area contributed by atoms with Crippen LogP contribution < -0.4 is 5.32 Å². The molecule has 1 aliphatic rings. The Labute approximate surface area is 119 Å². The smallest absolute Gasteiger partial charge is 0.199 e. The molecule has 0 amide bonds. The van der Waals surface area contributed by atoms with E-state index in [1.54, 1.807) is 29.8 Å². The van der Waals surface area contributed by atoms with Crippen LogP contribution in [0.15, 0.2) is 10.7 Å². The fourth-order valence-electron chi connectivity index (χ4n) is 1.85. The van der Waals surface area contributed by atoms with Crippen molar-refractivity contribution in [2.24, 2.45) is 0 Å². The largest absolute Gasteiger partial charge is 0.383 e. The Morgan fingerprint density at radius 2 is 2.61 bits per heavy atom. The lowest BCUT2D eigenvalue weighted by Gasteiger charge is -2.22. The molecule has 1 aliphatic heterocycles. The highest BCUT2D eigenvalue weighted by atomic mass is 79.9. The van der Waals surface area contributed by atoms with E-state index in [4.69, 9.17) is 4.74 Å². The quantitative estimate of drug-likeness (QED) is 0.820. The molecular weight excluding hydrogens is 318 g/mol. The van der Waals surface area contributed by atoms with Crippen molar-refractivity contribution in [3.05, 3.63) is 16.4 Å². The Kier molecular flexibility index (Phi) is 5.23. The fourth-order valence-corrected chi connectivity index (χ4v) is 3.28. The molecule has 0 aliphatic carbocycles. The first kappa shape index (κ1) is 14.0. The third kappa shape index (κ3) is 3.14. The molecule has 1 unspecified atom stereocenters. The normalized spacial score (nSPS) is 20.0. The van der Waals surface area contributed by atoms with E-state index in [1.165, 1.54) is 0 Å². The van der Waals surface area contributed by atoms with Crippen LogP contribution in [-0.2, 0) is 11.3 Å². The number of aromatic nitrogens is 2. The average molecular weight is 334 g/mol. The molecule has 18 heavy (non-hydrogen) atoms. The zero-order chi connectivity index (χ0) is 13.0. The van der Waals surface area contributed by atoms with E-state index in [1.807, 2.05) is 0 Å². The fraction of sp³-hybridized carbons (Fsp3) is 0.636. The highest BCUT2D eigenvalue weighted by Crippen LogP contribution is 2.20. The first-order chi connectivity index (χ1) is 8.74. The van der Waals surface area contributed by atoms with Crippen LogP contribution in [0.2, 0.25) is 0 Å². The maximum absolute atomic E-state index is 12.5. The van der Waals surface area contributed by atoms with Gasteiger partial charge in [0.15, 0.2) is 5.78 Å². The van der Waals surface area contributed by atoms with E-state index >= 15 is 0 Å². The molecule has 1 N–H and O–H groups in total. The van der Waals surface area contributed by atoms with Gasteiger partial charge >= 0.3 is 0 Å². The van der Waals surface area contributed by atoms with Crippen LogP contribution in [0.3, 0.4) is 0 Å². The number of methoxy groups -OCH3 is 1. The molecule has 1 fully saturated rings. The van der Waals surface area contributed by atoms with Crippen LogP contribution in [0, 0.1) is 0 Å². The standard InChI is InChI=1S/C11H16BrN3O2S/c1-17-4-3-15-10(8(12)6-14-15)11(16)9-7-18-5-2-13-9/h6,9,13H,2-5,7H2,1H3. The lowest BCUT2D eigenvalue weighted by molar-refractivity contribution is 0.0938. The van der Waals surface area contributed by atoms with E-state index in [2.05, 4.69) is 26.3 Å². The Balaban J connectivity index is 2.14. The highest BCUT2D eigenvalue weighted by Gasteiger charge is 2.27. The second kappa shape index (κ2) is 6.70. The lowest BCUT2D eigenvalue weighted by atomic mass is 10.1. The van der Waals surface area contributed by atoms with Gasteiger partial charge in [0.2, 0.25) is 0 Å². The lowest BCUT2D eigenvalue weighted by Crippen LogP contribution is -2.44. The van der Waals surface area contributed by atoms with Crippen molar-refractivity contribution in [1.82, 2.24) is 15.1 Å². The van der Waals surface area contributed by atoms with Gasteiger partial charge in [0.05, 0.1) is 29.9 Å². The molecule has 0 saturated carbocycles. The van der Waals surface area contributed by atoms with Crippen molar-refractivity contribution in [3.8, 4) is 0 Å². The summed E-state index contributed by atoms with van der Waals surface area (Å²) in [7, 11) is 1.64. The summed E-state index contributed by atoms with van der Waals surface area (Å²) in [6.45, 7) is 2.01. The van der Waals surface area contributed by atoms with Gasteiger partial charge in [0.25, 0.3) is 0 Å². The molecule has 100 valence electrons. The summed E-state index contributed by atoms with van der Waals surface area (Å²) in [6, 6.07) is -0.113. The minimum Gasteiger partial charge on any atom is -0.383 e. The van der Waals surface area contributed by atoms with Crippen LogP contribution in [-0.4, -0.2) is 53.4 Å². The molecular formula is C11H16BrN3O2S. The molecule has 1 aromatic rings. The van der Waals surface area contributed by atoms with Crippen molar-refractivity contribution in [2.45, 2.75) is 12.6 Å². The second-order valence-electron chi connectivity index (χ2n) is 4.00. The summed E-state index contributed by atoms with van der Waals surface area (Å²) in [6.07, 6.45) is 1.67. The number of nitrogens with one attached hydrogen (secondary N) is 1. The zero-order valence-electron chi connectivity index (χ0n) is 10.2. The number of nitrogens with zero attached hydrogens (tertiary/aromatic N) is 2. The minimum atomic E-state index is -0.113. The maximum atomic E-state index is 12.5. The zero-order valence-corrected chi connectivity index (χ0v) is 12.6. The van der Waals surface area contributed by atoms with Gasteiger partial charge < -0.3 is 10.1 Å². The summed E-state index contributed by atoms with van der Waals surface area (Å²) >= 11 is 5.20. The van der Waals surface area contributed by atoms with E-state index in [0.29, 0.717) is 18.8 Å². The third-order valence-corrected chi connectivity index (χ3v) is 4.42. The molecule has 0 bridgehead atoms. The number of ether oxygens (including phenoxy) is 1.